The molecule has 3 heteroatoms. The molecule has 1 heterocycles. The van der Waals surface area contributed by atoms with Crippen molar-refractivity contribution in [3.05, 3.63) is 53.3 Å². The van der Waals surface area contributed by atoms with E-state index >= 15 is 0 Å². The Balaban J connectivity index is 2.08. The molecule has 0 radical (unpaired) electrons. The summed E-state index contributed by atoms with van der Waals surface area (Å²) in [6, 6.07) is 8.03. The normalized spacial score (nSPS) is 10.2. The maximum absolute atomic E-state index is 5.87. The highest BCUT2D eigenvalue weighted by Gasteiger charge is 1.99. The quantitative estimate of drug-likeness (QED) is 0.793. The molecule has 0 aliphatic heterocycles. The van der Waals surface area contributed by atoms with Crippen LogP contribution in [0.25, 0.3) is 0 Å². The van der Waals surface area contributed by atoms with E-state index in [0.29, 0.717) is 0 Å². The monoisotopic (exact) mass is 227 g/mol. The Kier molecular flexibility index (Phi) is 3.28. The second-order valence-corrected chi connectivity index (χ2v) is 4.23. The van der Waals surface area contributed by atoms with Crippen LogP contribution >= 0.6 is 0 Å². The van der Waals surface area contributed by atoms with Crippen molar-refractivity contribution in [1.82, 2.24) is 4.98 Å². The number of anilines is 2. The topological polar surface area (TPSA) is 50.9 Å². The van der Waals surface area contributed by atoms with Gasteiger partial charge in [-0.2, -0.15) is 0 Å². The van der Waals surface area contributed by atoms with Crippen LogP contribution in [-0.4, -0.2) is 4.98 Å². The summed E-state index contributed by atoms with van der Waals surface area (Å²) in [5.74, 6) is 0. The van der Waals surface area contributed by atoms with E-state index in [1.165, 1.54) is 11.1 Å². The van der Waals surface area contributed by atoms with Crippen LogP contribution in [0.1, 0.15) is 16.7 Å². The molecule has 0 spiro atoms. The molecule has 0 aliphatic carbocycles. The van der Waals surface area contributed by atoms with Crippen molar-refractivity contribution in [2.75, 3.05) is 11.1 Å². The molecule has 17 heavy (non-hydrogen) atoms. The molecule has 0 unspecified atom stereocenters. The Labute approximate surface area is 102 Å². The summed E-state index contributed by atoms with van der Waals surface area (Å²) in [7, 11) is 0. The van der Waals surface area contributed by atoms with Crippen molar-refractivity contribution in [2.24, 2.45) is 0 Å². The van der Waals surface area contributed by atoms with Gasteiger partial charge >= 0.3 is 0 Å². The average molecular weight is 227 g/mol. The largest absolute Gasteiger partial charge is 0.398 e. The van der Waals surface area contributed by atoms with Crippen molar-refractivity contribution in [2.45, 2.75) is 20.4 Å². The fourth-order valence-corrected chi connectivity index (χ4v) is 1.63. The Bertz CT molecular complexity index is 521. The van der Waals surface area contributed by atoms with Crippen LogP contribution in [0, 0.1) is 13.8 Å². The molecule has 0 fully saturated rings. The Morgan fingerprint density at radius 1 is 1.18 bits per heavy atom. The van der Waals surface area contributed by atoms with Crippen LogP contribution in [-0.2, 0) is 6.54 Å². The average Bonchev–Trinajstić information content (AvgIpc) is 2.32. The van der Waals surface area contributed by atoms with Gasteiger partial charge in [-0.05, 0) is 48.7 Å². The van der Waals surface area contributed by atoms with Gasteiger partial charge in [0, 0.05) is 30.3 Å². The maximum Gasteiger partial charge on any atom is 0.0418 e. The highest BCUT2D eigenvalue weighted by Crippen LogP contribution is 2.18. The highest BCUT2D eigenvalue weighted by atomic mass is 14.9. The number of hydrogen-bond donors (Lipinski definition) is 2. The fourth-order valence-electron chi connectivity index (χ4n) is 1.63. The molecule has 2 aromatic rings. The summed E-state index contributed by atoms with van der Waals surface area (Å²) in [6.07, 6.45) is 3.70. The zero-order valence-corrected chi connectivity index (χ0v) is 10.2. The maximum atomic E-state index is 5.87. The first kappa shape index (κ1) is 11.5. The van der Waals surface area contributed by atoms with Gasteiger partial charge in [-0.25, -0.2) is 0 Å². The van der Waals surface area contributed by atoms with Gasteiger partial charge in [0.25, 0.3) is 0 Å². The van der Waals surface area contributed by atoms with E-state index in [9.17, 15) is 0 Å². The zero-order valence-electron chi connectivity index (χ0n) is 10.2. The zero-order chi connectivity index (χ0) is 12.3. The smallest absolute Gasteiger partial charge is 0.0418 e. The van der Waals surface area contributed by atoms with Crippen LogP contribution < -0.4 is 11.1 Å². The Morgan fingerprint density at radius 2 is 2.00 bits per heavy atom. The van der Waals surface area contributed by atoms with Crippen LogP contribution in [0.3, 0.4) is 0 Å². The molecule has 3 nitrogen and oxygen atoms in total. The third-order valence-corrected chi connectivity index (χ3v) is 2.91. The number of hydrogen-bond acceptors (Lipinski definition) is 3. The third kappa shape index (κ3) is 2.75. The van der Waals surface area contributed by atoms with Crippen LogP contribution in [0.2, 0.25) is 0 Å². The van der Waals surface area contributed by atoms with E-state index in [-0.39, 0.29) is 0 Å². The standard InChI is InChI=1S/C14H17N3/c1-10-5-6-16-8-12(10)9-17-13-4-3-11(2)14(15)7-13/h3-8,17H,9,15H2,1-2H3. The first-order chi connectivity index (χ1) is 8.16. The fraction of sp³-hybridized carbons (Fsp3) is 0.214. The van der Waals surface area contributed by atoms with Crippen molar-refractivity contribution >= 4 is 11.4 Å². The number of nitrogens with two attached hydrogens (primary N) is 1. The number of aryl methyl sites for hydroxylation is 2. The number of pyridine rings is 1. The lowest BCUT2D eigenvalue weighted by atomic mass is 10.1. The lowest BCUT2D eigenvalue weighted by Crippen LogP contribution is -2.02. The minimum absolute atomic E-state index is 0.766. The van der Waals surface area contributed by atoms with Crippen molar-refractivity contribution in [3.8, 4) is 0 Å². The van der Waals surface area contributed by atoms with E-state index in [0.717, 1.165) is 23.5 Å². The molecule has 0 atom stereocenters. The first-order valence-electron chi connectivity index (χ1n) is 5.66. The van der Waals surface area contributed by atoms with Crippen molar-refractivity contribution in [3.63, 3.8) is 0 Å². The molecule has 3 N–H and O–H groups in total. The molecule has 88 valence electrons. The number of nitrogen functional groups attached to an aromatic ring is 1. The molecule has 0 saturated heterocycles. The Hall–Kier alpha value is -2.03. The van der Waals surface area contributed by atoms with E-state index < -0.39 is 0 Å². The summed E-state index contributed by atoms with van der Waals surface area (Å²) in [5.41, 5.74) is 11.3. The van der Waals surface area contributed by atoms with Gasteiger partial charge in [0.1, 0.15) is 0 Å². The van der Waals surface area contributed by atoms with Crippen molar-refractivity contribution < 1.29 is 0 Å². The molecule has 0 amide bonds. The van der Waals surface area contributed by atoms with Gasteiger partial charge < -0.3 is 11.1 Å². The minimum Gasteiger partial charge on any atom is -0.398 e. The first-order valence-corrected chi connectivity index (χ1v) is 5.66. The number of nitrogens with one attached hydrogen (secondary N) is 1. The summed E-state index contributed by atoms with van der Waals surface area (Å²) >= 11 is 0. The Morgan fingerprint density at radius 3 is 2.71 bits per heavy atom. The van der Waals surface area contributed by atoms with Crippen LogP contribution in [0.15, 0.2) is 36.7 Å². The van der Waals surface area contributed by atoms with Gasteiger partial charge in [-0.3, -0.25) is 4.98 Å². The van der Waals surface area contributed by atoms with Crippen LogP contribution in [0.5, 0.6) is 0 Å². The molecular formula is C14H17N3. The molecule has 0 saturated carbocycles. The lowest BCUT2D eigenvalue weighted by Gasteiger charge is -2.10. The molecule has 0 bridgehead atoms. The van der Waals surface area contributed by atoms with Gasteiger partial charge in [0.15, 0.2) is 0 Å². The van der Waals surface area contributed by atoms with Crippen molar-refractivity contribution in [1.29, 1.82) is 0 Å². The number of aromatic nitrogens is 1. The van der Waals surface area contributed by atoms with E-state index in [2.05, 4.69) is 17.2 Å². The number of benzene rings is 1. The molecule has 1 aromatic heterocycles. The molecule has 1 aromatic carbocycles. The number of rotatable bonds is 3. The van der Waals surface area contributed by atoms with E-state index in [1.54, 1.807) is 0 Å². The van der Waals surface area contributed by atoms with E-state index in [1.807, 2.05) is 43.6 Å². The summed E-state index contributed by atoms with van der Waals surface area (Å²) < 4.78 is 0. The van der Waals surface area contributed by atoms with Gasteiger partial charge in [-0.1, -0.05) is 6.07 Å². The second kappa shape index (κ2) is 4.87. The van der Waals surface area contributed by atoms with Gasteiger partial charge in [-0.15, -0.1) is 0 Å². The molecule has 0 aliphatic rings. The predicted octanol–water partition coefficient (Wildman–Crippen LogP) is 2.89. The SMILES string of the molecule is Cc1ccc(NCc2cnccc2C)cc1N. The minimum atomic E-state index is 0.766. The van der Waals surface area contributed by atoms with E-state index in [4.69, 9.17) is 5.73 Å². The van der Waals surface area contributed by atoms with Crippen LogP contribution in [0.4, 0.5) is 11.4 Å². The summed E-state index contributed by atoms with van der Waals surface area (Å²) in [5, 5.41) is 3.35. The summed E-state index contributed by atoms with van der Waals surface area (Å²) in [4.78, 5) is 4.12. The van der Waals surface area contributed by atoms with Gasteiger partial charge in [0.2, 0.25) is 0 Å². The second-order valence-electron chi connectivity index (χ2n) is 4.23. The molecule has 2 rings (SSSR count). The molecular weight excluding hydrogens is 210 g/mol. The third-order valence-electron chi connectivity index (χ3n) is 2.91. The summed E-state index contributed by atoms with van der Waals surface area (Å²) in [6.45, 7) is 4.86. The highest BCUT2D eigenvalue weighted by molar-refractivity contribution is 5.58. The van der Waals surface area contributed by atoms with Gasteiger partial charge in [0.05, 0.1) is 0 Å². The lowest BCUT2D eigenvalue weighted by molar-refractivity contribution is 1.08. The number of nitrogens with zero attached hydrogens (tertiary/aromatic N) is 1. The predicted molar refractivity (Wildman–Crippen MR) is 71.9 cm³/mol.